The molecule has 1 aromatic heterocycles. The molecular weight excluding hydrogens is 206 g/mol. The van der Waals surface area contributed by atoms with Crippen molar-refractivity contribution in [1.82, 2.24) is 4.98 Å². The number of methoxy groups -OCH3 is 1. The Balaban J connectivity index is 2.76. The first kappa shape index (κ1) is 12.4. The molecule has 1 rings (SSSR count). The van der Waals surface area contributed by atoms with Gasteiger partial charge in [0.2, 0.25) is 11.8 Å². The molecule has 2 unspecified atom stereocenters. The van der Waals surface area contributed by atoms with E-state index in [-0.39, 0.29) is 17.9 Å². The lowest BCUT2D eigenvalue weighted by atomic mass is 10.0. The molecule has 5 heteroatoms. The highest BCUT2D eigenvalue weighted by Crippen LogP contribution is 2.20. The first-order valence-electron chi connectivity index (χ1n) is 5.11. The Morgan fingerprint density at radius 2 is 2.25 bits per heavy atom. The second kappa shape index (κ2) is 5.46. The van der Waals surface area contributed by atoms with Crippen LogP contribution in [0.4, 0.5) is 5.69 Å². The molecule has 1 amide bonds. The lowest BCUT2D eigenvalue weighted by molar-refractivity contribution is -0.119. The molecule has 16 heavy (non-hydrogen) atoms. The van der Waals surface area contributed by atoms with Crippen LogP contribution in [-0.2, 0) is 4.79 Å². The maximum atomic E-state index is 11.7. The second-order valence-corrected chi connectivity index (χ2v) is 3.70. The van der Waals surface area contributed by atoms with Gasteiger partial charge in [-0.2, -0.15) is 0 Å². The van der Waals surface area contributed by atoms with E-state index in [0.717, 1.165) is 0 Å². The van der Waals surface area contributed by atoms with Gasteiger partial charge in [-0.3, -0.25) is 4.79 Å². The summed E-state index contributed by atoms with van der Waals surface area (Å²) in [5, 5.41) is 2.74. The molecule has 0 fully saturated rings. The molecule has 1 aromatic rings. The average molecular weight is 223 g/mol. The van der Waals surface area contributed by atoms with E-state index in [1.54, 1.807) is 32.2 Å². The van der Waals surface area contributed by atoms with Crippen molar-refractivity contribution in [3.8, 4) is 5.88 Å². The number of nitrogens with one attached hydrogen (secondary N) is 1. The van der Waals surface area contributed by atoms with Crippen LogP contribution in [0.2, 0.25) is 0 Å². The Bertz CT molecular complexity index is 366. The van der Waals surface area contributed by atoms with Crippen molar-refractivity contribution in [3.63, 3.8) is 0 Å². The lowest BCUT2D eigenvalue weighted by Gasteiger charge is -2.16. The summed E-state index contributed by atoms with van der Waals surface area (Å²) in [7, 11) is 1.51. The largest absolute Gasteiger partial charge is 0.480 e. The number of nitrogens with two attached hydrogens (primary N) is 1. The summed E-state index contributed by atoms with van der Waals surface area (Å²) in [6.45, 7) is 3.58. The molecule has 2 atom stereocenters. The number of amides is 1. The van der Waals surface area contributed by atoms with Crippen molar-refractivity contribution in [2.24, 2.45) is 11.7 Å². The number of nitrogens with zero attached hydrogens (tertiary/aromatic N) is 1. The van der Waals surface area contributed by atoms with Crippen molar-refractivity contribution in [1.29, 1.82) is 0 Å². The van der Waals surface area contributed by atoms with Crippen LogP contribution < -0.4 is 15.8 Å². The standard InChI is InChI=1S/C11H17N3O2/c1-7(8(2)12)10(15)14-9-5-4-6-13-11(9)16-3/h4-8H,12H2,1-3H3,(H,14,15). The van der Waals surface area contributed by atoms with Crippen LogP contribution in [0.1, 0.15) is 13.8 Å². The predicted octanol–water partition coefficient (Wildman–Crippen LogP) is 1.01. The summed E-state index contributed by atoms with van der Waals surface area (Å²) < 4.78 is 5.03. The lowest BCUT2D eigenvalue weighted by Crippen LogP contribution is -2.34. The van der Waals surface area contributed by atoms with Crippen molar-refractivity contribution in [2.45, 2.75) is 19.9 Å². The highest BCUT2D eigenvalue weighted by atomic mass is 16.5. The van der Waals surface area contributed by atoms with Crippen molar-refractivity contribution < 1.29 is 9.53 Å². The van der Waals surface area contributed by atoms with Crippen molar-refractivity contribution >= 4 is 11.6 Å². The minimum atomic E-state index is -0.259. The van der Waals surface area contributed by atoms with Crippen LogP contribution in [0, 0.1) is 5.92 Å². The van der Waals surface area contributed by atoms with Gasteiger partial charge < -0.3 is 15.8 Å². The van der Waals surface area contributed by atoms with Crippen LogP contribution in [0.5, 0.6) is 5.88 Å². The smallest absolute Gasteiger partial charge is 0.237 e. The summed E-state index contributed by atoms with van der Waals surface area (Å²) in [6, 6.07) is 3.27. The third kappa shape index (κ3) is 2.93. The van der Waals surface area contributed by atoms with Crippen molar-refractivity contribution in [2.75, 3.05) is 12.4 Å². The Kier molecular flexibility index (Phi) is 4.25. The van der Waals surface area contributed by atoms with Gasteiger partial charge in [-0.05, 0) is 19.1 Å². The first-order chi connectivity index (χ1) is 7.56. The number of anilines is 1. The van der Waals surface area contributed by atoms with Crippen LogP contribution in [0.25, 0.3) is 0 Å². The number of hydrogen-bond donors (Lipinski definition) is 2. The summed E-state index contributed by atoms with van der Waals surface area (Å²) in [5.41, 5.74) is 6.21. The van der Waals surface area contributed by atoms with Gasteiger partial charge in [0.15, 0.2) is 0 Å². The van der Waals surface area contributed by atoms with Gasteiger partial charge in [0.25, 0.3) is 0 Å². The second-order valence-electron chi connectivity index (χ2n) is 3.70. The van der Waals surface area contributed by atoms with Gasteiger partial charge in [-0.15, -0.1) is 0 Å². The Morgan fingerprint density at radius 3 is 2.81 bits per heavy atom. The van der Waals surface area contributed by atoms with E-state index in [1.807, 2.05) is 0 Å². The minimum absolute atomic E-state index is 0.138. The number of ether oxygens (including phenoxy) is 1. The van der Waals surface area contributed by atoms with Crippen LogP contribution in [0.3, 0.4) is 0 Å². The van der Waals surface area contributed by atoms with E-state index >= 15 is 0 Å². The van der Waals surface area contributed by atoms with Gasteiger partial charge in [0, 0.05) is 12.2 Å². The number of carbonyl (C=O) groups is 1. The van der Waals surface area contributed by atoms with Gasteiger partial charge in [-0.25, -0.2) is 4.98 Å². The van der Waals surface area contributed by atoms with Gasteiger partial charge in [0.1, 0.15) is 5.69 Å². The molecular formula is C11H17N3O2. The molecule has 0 radical (unpaired) electrons. The fourth-order valence-corrected chi connectivity index (χ4v) is 1.13. The van der Waals surface area contributed by atoms with Gasteiger partial charge in [0.05, 0.1) is 13.0 Å². The number of aromatic nitrogens is 1. The molecule has 0 spiro atoms. The highest BCUT2D eigenvalue weighted by Gasteiger charge is 2.18. The van der Waals surface area contributed by atoms with E-state index in [4.69, 9.17) is 10.5 Å². The van der Waals surface area contributed by atoms with Gasteiger partial charge in [-0.1, -0.05) is 6.92 Å². The molecule has 0 saturated heterocycles. The van der Waals surface area contributed by atoms with Gasteiger partial charge >= 0.3 is 0 Å². The minimum Gasteiger partial charge on any atom is -0.480 e. The van der Waals surface area contributed by atoms with E-state index in [1.165, 1.54) is 7.11 Å². The zero-order chi connectivity index (χ0) is 12.1. The van der Waals surface area contributed by atoms with E-state index in [0.29, 0.717) is 11.6 Å². The SMILES string of the molecule is COc1ncccc1NC(=O)C(C)C(C)N. The molecule has 3 N–H and O–H groups in total. The monoisotopic (exact) mass is 223 g/mol. The number of pyridine rings is 1. The highest BCUT2D eigenvalue weighted by molar-refractivity contribution is 5.93. The summed E-state index contributed by atoms with van der Waals surface area (Å²) in [4.78, 5) is 15.7. The molecule has 0 bridgehead atoms. The van der Waals surface area contributed by atoms with E-state index in [9.17, 15) is 4.79 Å². The molecule has 0 saturated carbocycles. The topological polar surface area (TPSA) is 77.2 Å². The fraction of sp³-hybridized carbons (Fsp3) is 0.455. The fourth-order valence-electron chi connectivity index (χ4n) is 1.13. The van der Waals surface area contributed by atoms with E-state index < -0.39 is 0 Å². The Labute approximate surface area is 95.0 Å². The van der Waals surface area contributed by atoms with E-state index in [2.05, 4.69) is 10.3 Å². The molecule has 5 nitrogen and oxygen atoms in total. The first-order valence-corrected chi connectivity index (χ1v) is 5.11. The molecule has 0 aliphatic heterocycles. The van der Waals surface area contributed by atoms with Crippen molar-refractivity contribution in [3.05, 3.63) is 18.3 Å². The number of hydrogen-bond acceptors (Lipinski definition) is 4. The third-order valence-corrected chi connectivity index (χ3v) is 2.42. The number of rotatable bonds is 4. The molecule has 0 aliphatic carbocycles. The molecule has 1 heterocycles. The van der Waals surface area contributed by atoms with Crippen LogP contribution in [-0.4, -0.2) is 24.0 Å². The Morgan fingerprint density at radius 1 is 1.56 bits per heavy atom. The maximum absolute atomic E-state index is 11.7. The Hall–Kier alpha value is -1.62. The van der Waals surface area contributed by atoms with Crippen LogP contribution >= 0.6 is 0 Å². The zero-order valence-corrected chi connectivity index (χ0v) is 9.73. The van der Waals surface area contributed by atoms with Crippen LogP contribution in [0.15, 0.2) is 18.3 Å². The number of carbonyl (C=O) groups excluding carboxylic acids is 1. The molecule has 88 valence electrons. The predicted molar refractivity (Wildman–Crippen MR) is 62.2 cm³/mol. The maximum Gasteiger partial charge on any atom is 0.237 e. The normalized spacial score (nSPS) is 14.0. The third-order valence-electron chi connectivity index (χ3n) is 2.42. The molecule has 0 aliphatic rings. The average Bonchev–Trinajstić information content (AvgIpc) is 2.28. The molecule has 0 aromatic carbocycles. The summed E-state index contributed by atoms with van der Waals surface area (Å²) >= 11 is 0. The quantitative estimate of drug-likeness (QED) is 0.798. The zero-order valence-electron chi connectivity index (χ0n) is 9.73. The summed E-state index contributed by atoms with van der Waals surface area (Å²) in [5.74, 6) is -0.000985. The summed E-state index contributed by atoms with van der Waals surface area (Å²) in [6.07, 6.45) is 1.60.